The molecule has 1 heterocycles. The van der Waals surface area contributed by atoms with Crippen molar-refractivity contribution in [3.8, 4) is 5.75 Å². The fourth-order valence-corrected chi connectivity index (χ4v) is 4.26. The van der Waals surface area contributed by atoms with Gasteiger partial charge in [0.1, 0.15) is 5.75 Å². The Balaban J connectivity index is 1.86. The van der Waals surface area contributed by atoms with Crippen molar-refractivity contribution in [1.29, 1.82) is 0 Å². The van der Waals surface area contributed by atoms with Gasteiger partial charge < -0.3 is 14.5 Å². The molecule has 0 saturated carbocycles. The highest BCUT2D eigenvalue weighted by Gasteiger charge is 2.25. The van der Waals surface area contributed by atoms with Crippen molar-refractivity contribution < 1.29 is 14.3 Å². The first-order valence-corrected chi connectivity index (χ1v) is 11.5. The van der Waals surface area contributed by atoms with Gasteiger partial charge in [-0.15, -0.1) is 0 Å². The number of methoxy groups -OCH3 is 2. The van der Waals surface area contributed by atoms with Crippen LogP contribution in [0.15, 0.2) is 83.9 Å². The highest BCUT2D eigenvalue weighted by atomic mass is 16.5. The molecule has 5 heteroatoms. The molecule has 1 aromatic heterocycles. The van der Waals surface area contributed by atoms with Crippen LogP contribution in [0, 0.1) is 0 Å². The first kappa shape index (κ1) is 23.3. The number of aromatic amines is 1. The summed E-state index contributed by atoms with van der Waals surface area (Å²) in [5.74, 6) is 0.658. The van der Waals surface area contributed by atoms with Gasteiger partial charge in [0.25, 0.3) is 0 Å². The molecule has 0 aliphatic carbocycles. The van der Waals surface area contributed by atoms with Gasteiger partial charge in [0.2, 0.25) is 0 Å². The van der Waals surface area contributed by atoms with E-state index in [0.717, 1.165) is 44.7 Å². The molecule has 3 aromatic carbocycles. The third-order valence-electron chi connectivity index (χ3n) is 5.97. The van der Waals surface area contributed by atoms with Crippen LogP contribution in [0.2, 0.25) is 0 Å². The summed E-state index contributed by atoms with van der Waals surface area (Å²) >= 11 is 0. The SMILES string of the molecule is COC(=O)[C@H](Cc1c(C(C)C)[nH]c2ccc(OC)cc12)N=C(c1ccccc1)c1ccccc1. The number of hydrogen-bond acceptors (Lipinski definition) is 4. The van der Waals surface area contributed by atoms with E-state index in [4.69, 9.17) is 14.5 Å². The number of aromatic nitrogens is 1. The largest absolute Gasteiger partial charge is 0.497 e. The molecule has 4 rings (SSSR count). The third-order valence-corrected chi connectivity index (χ3v) is 5.97. The Morgan fingerprint density at radius 3 is 2.06 bits per heavy atom. The Kier molecular flexibility index (Phi) is 7.12. The summed E-state index contributed by atoms with van der Waals surface area (Å²) in [7, 11) is 3.07. The number of carbonyl (C=O) groups is 1. The summed E-state index contributed by atoms with van der Waals surface area (Å²) in [5, 5.41) is 1.04. The molecule has 34 heavy (non-hydrogen) atoms. The van der Waals surface area contributed by atoms with E-state index in [1.807, 2.05) is 78.9 Å². The Morgan fingerprint density at radius 2 is 1.53 bits per heavy atom. The zero-order valence-electron chi connectivity index (χ0n) is 20.0. The minimum atomic E-state index is -0.705. The molecule has 1 N–H and O–H groups in total. The summed E-state index contributed by atoms with van der Waals surface area (Å²) in [4.78, 5) is 21.6. The van der Waals surface area contributed by atoms with Crippen LogP contribution in [0.5, 0.6) is 5.75 Å². The van der Waals surface area contributed by atoms with Crippen LogP contribution in [-0.2, 0) is 16.0 Å². The van der Waals surface area contributed by atoms with Gasteiger partial charge in [0.15, 0.2) is 6.04 Å². The van der Waals surface area contributed by atoms with Crippen LogP contribution in [0.3, 0.4) is 0 Å². The van der Waals surface area contributed by atoms with Crippen molar-refractivity contribution in [2.24, 2.45) is 4.99 Å². The van der Waals surface area contributed by atoms with Crippen LogP contribution in [0.4, 0.5) is 0 Å². The normalized spacial score (nSPS) is 11.9. The van der Waals surface area contributed by atoms with Gasteiger partial charge >= 0.3 is 5.97 Å². The van der Waals surface area contributed by atoms with Crippen LogP contribution in [-0.4, -0.2) is 36.9 Å². The van der Waals surface area contributed by atoms with E-state index in [2.05, 4.69) is 18.8 Å². The maximum Gasteiger partial charge on any atom is 0.330 e. The smallest absolute Gasteiger partial charge is 0.330 e. The van der Waals surface area contributed by atoms with E-state index in [9.17, 15) is 4.79 Å². The van der Waals surface area contributed by atoms with Gasteiger partial charge in [-0.3, -0.25) is 4.99 Å². The number of fused-ring (bicyclic) bond motifs is 1. The summed E-state index contributed by atoms with van der Waals surface area (Å²) in [6.07, 6.45) is 0.413. The Labute approximate surface area is 200 Å². The summed E-state index contributed by atoms with van der Waals surface area (Å²) in [6, 6.07) is 25.1. The molecule has 0 bridgehead atoms. The van der Waals surface area contributed by atoms with Gasteiger partial charge in [-0.05, 0) is 29.7 Å². The number of nitrogens with one attached hydrogen (secondary N) is 1. The lowest BCUT2D eigenvalue weighted by molar-refractivity contribution is -0.142. The zero-order valence-corrected chi connectivity index (χ0v) is 20.0. The van der Waals surface area contributed by atoms with Gasteiger partial charge in [-0.1, -0.05) is 74.5 Å². The molecule has 0 unspecified atom stereocenters. The van der Waals surface area contributed by atoms with Gasteiger partial charge in [-0.25, -0.2) is 4.79 Å². The first-order chi connectivity index (χ1) is 16.5. The van der Waals surface area contributed by atoms with Crippen molar-refractivity contribution in [2.75, 3.05) is 14.2 Å². The molecule has 0 aliphatic rings. The molecule has 174 valence electrons. The first-order valence-electron chi connectivity index (χ1n) is 11.5. The fourth-order valence-electron chi connectivity index (χ4n) is 4.26. The second-order valence-corrected chi connectivity index (χ2v) is 8.54. The van der Waals surface area contributed by atoms with Crippen LogP contribution in [0.1, 0.15) is 42.1 Å². The number of esters is 1. The Hall–Kier alpha value is -3.86. The lowest BCUT2D eigenvalue weighted by atomic mass is 9.96. The van der Waals surface area contributed by atoms with Crippen molar-refractivity contribution in [3.05, 3.63) is 101 Å². The Morgan fingerprint density at radius 1 is 0.912 bits per heavy atom. The average molecular weight is 455 g/mol. The van der Waals surface area contributed by atoms with Gasteiger partial charge in [0, 0.05) is 34.1 Å². The van der Waals surface area contributed by atoms with Crippen LogP contribution in [0.25, 0.3) is 10.9 Å². The number of benzene rings is 3. The topological polar surface area (TPSA) is 63.7 Å². The van der Waals surface area contributed by atoms with E-state index < -0.39 is 6.04 Å². The summed E-state index contributed by atoms with van der Waals surface area (Å²) in [5.41, 5.74) is 5.83. The van der Waals surface area contributed by atoms with Crippen molar-refractivity contribution in [3.63, 3.8) is 0 Å². The highest BCUT2D eigenvalue weighted by molar-refractivity contribution is 6.13. The highest BCUT2D eigenvalue weighted by Crippen LogP contribution is 2.32. The van der Waals surface area contributed by atoms with Crippen LogP contribution < -0.4 is 4.74 Å². The third kappa shape index (κ3) is 4.88. The van der Waals surface area contributed by atoms with E-state index >= 15 is 0 Å². The number of hydrogen-bond donors (Lipinski definition) is 1. The summed E-state index contributed by atoms with van der Waals surface area (Å²) in [6.45, 7) is 4.28. The van der Waals surface area contributed by atoms with Crippen molar-refractivity contribution >= 4 is 22.6 Å². The number of H-pyrrole nitrogens is 1. The lowest BCUT2D eigenvalue weighted by Gasteiger charge is -2.16. The molecule has 5 nitrogen and oxygen atoms in total. The molecule has 0 saturated heterocycles. The second-order valence-electron chi connectivity index (χ2n) is 8.54. The summed E-state index contributed by atoms with van der Waals surface area (Å²) < 4.78 is 10.7. The maximum absolute atomic E-state index is 13.0. The number of nitrogens with zero attached hydrogens (tertiary/aromatic N) is 1. The number of carbonyl (C=O) groups excluding carboxylic acids is 1. The van der Waals surface area contributed by atoms with Crippen molar-refractivity contribution in [1.82, 2.24) is 4.98 Å². The minimum Gasteiger partial charge on any atom is -0.497 e. The molecule has 0 spiro atoms. The molecule has 1 atom stereocenters. The standard InChI is InChI=1S/C29H30N2O3/c1-19(2)27-24(23-17-22(33-3)15-16-25(23)30-27)18-26(29(32)34-4)31-28(20-11-7-5-8-12-20)21-13-9-6-10-14-21/h5-17,19,26,30H,18H2,1-4H3/t26-/m0/s1. The zero-order chi connectivity index (χ0) is 24.1. The fraction of sp³-hybridized carbons (Fsp3) is 0.241. The lowest BCUT2D eigenvalue weighted by Crippen LogP contribution is -2.25. The van der Waals surface area contributed by atoms with Crippen molar-refractivity contribution in [2.45, 2.75) is 32.2 Å². The monoisotopic (exact) mass is 454 g/mol. The molecule has 4 aromatic rings. The number of aliphatic imine (C=N–C) groups is 1. The van der Waals surface area contributed by atoms with E-state index in [0.29, 0.717) is 6.42 Å². The molecule has 0 amide bonds. The molecule has 0 radical (unpaired) electrons. The molecule has 0 fully saturated rings. The van der Waals surface area contributed by atoms with Gasteiger partial charge in [-0.2, -0.15) is 0 Å². The predicted molar refractivity (Wildman–Crippen MR) is 137 cm³/mol. The van der Waals surface area contributed by atoms with E-state index in [1.165, 1.54) is 7.11 Å². The Bertz CT molecular complexity index is 1250. The quantitative estimate of drug-likeness (QED) is 0.265. The van der Waals surface area contributed by atoms with E-state index in [1.54, 1.807) is 7.11 Å². The van der Waals surface area contributed by atoms with Gasteiger partial charge in [0.05, 0.1) is 19.9 Å². The molecular formula is C29H30N2O3. The molecular weight excluding hydrogens is 424 g/mol. The maximum atomic E-state index is 13.0. The average Bonchev–Trinajstić information content (AvgIpc) is 3.24. The predicted octanol–water partition coefficient (Wildman–Crippen LogP) is 5.92. The second kappa shape index (κ2) is 10.4. The molecule has 0 aliphatic heterocycles. The number of ether oxygens (including phenoxy) is 2. The van der Waals surface area contributed by atoms with Crippen LogP contribution >= 0.6 is 0 Å². The van der Waals surface area contributed by atoms with E-state index in [-0.39, 0.29) is 11.9 Å². The number of rotatable bonds is 8. The minimum absolute atomic E-state index is 0.249.